The van der Waals surface area contributed by atoms with Gasteiger partial charge in [-0.1, -0.05) is 11.6 Å². The number of aromatic nitrogens is 1. The summed E-state index contributed by atoms with van der Waals surface area (Å²) in [7, 11) is 0. The van der Waals surface area contributed by atoms with Crippen LogP contribution in [0.1, 0.15) is 11.1 Å². The second kappa shape index (κ2) is 4.56. The van der Waals surface area contributed by atoms with Gasteiger partial charge >= 0.3 is 0 Å². The topological polar surface area (TPSA) is 42.4 Å². The van der Waals surface area contributed by atoms with Gasteiger partial charge in [-0.3, -0.25) is 0 Å². The quantitative estimate of drug-likeness (QED) is 0.789. The first kappa shape index (κ1) is 12.5. The van der Waals surface area contributed by atoms with Crippen LogP contribution in [0.3, 0.4) is 0 Å². The molecule has 3 nitrogen and oxygen atoms in total. The van der Waals surface area contributed by atoms with Gasteiger partial charge in [0.2, 0.25) is 0 Å². The minimum Gasteiger partial charge on any atom is -0.507 e. The van der Waals surface area contributed by atoms with E-state index < -0.39 is 0 Å². The van der Waals surface area contributed by atoms with Crippen LogP contribution in [0.2, 0.25) is 5.02 Å². The molecule has 0 amide bonds. The Morgan fingerprint density at radius 1 is 1.44 bits per heavy atom. The van der Waals surface area contributed by atoms with E-state index in [2.05, 4.69) is 20.9 Å². The zero-order valence-electron chi connectivity index (χ0n) is 9.46. The number of pyridine rings is 1. The Labute approximate surface area is 122 Å². The summed E-state index contributed by atoms with van der Waals surface area (Å²) in [6.45, 7) is 0.991. The third kappa shape index (κ3) is 1.72. The lowest BCUT2D eigenvalue weighted by atomic mass is 10.0. The van der Waals surface area contributed by atoms with Crippen molar-refractivity contribution in [1.82, 2.24) is 4.98 Å². The highest BCUT2D eigenvalue weighted by molar-refractivity contribution is 9.10. The van der Waals surface area contributed by atoms with E-state index in [4.69, 9.17) is 16.3 Å². The first-order valence-corrected chi connectivity index (χ1v) is 7.67. The van der Waals surface area contributed by atoms with E-state index in [1.54, 1.807) is 6.07 Å². The van der Waals surface area contributed by atoms with Crippen molar-refractivity contribution in [2.45, 2.75) is 18.2 Å². The van der Waals surface area contributed by atoms with Gasteiger partial charge < -0.3 is 9.84 Å². The van der Waals surface area contributed by atoms with Crippen LogP contribution in [0.5, 0.6) is 5.75 Å². The van der Waals surface area contributed by atoms with Crippen LogP contribution in [-0.4, -0.2) is 16.3 Å². The molecule has 2 heterocycles. The van der Waals surface area contributed by atoms with E-state index in [0.717, 1.165) is 20.6 Å². The van der Waals surface area contributed by atoms with Gasteiger partial charge in [0.15, 0.2) is 0 Å². The number of thioether (sulfide) groups is 1. The SMILES string of the molecule is CSc1cc(O)c2c3c(c(Br)c(Cl)c2n1)COC3. The molecule has 18 heavy (non-hydrogen) atoms. The molecule has 0 saturated carbocycles. The molecule has 0 aliphatic carbocycles. The third-order valence-electron chi connectivity index (χ3n) is 3.01. The molecule has 0 radical (unpaired) electrons. The molecule has 0 fully saturated rings. The monoisotopic (exact) mass is 345 g/mol. The number of nitrogens with zero attached hydrogens (tertiary/aromatic N) is 1. The highest BCUT2D eigenvalue weighted by Gasteiger charge is 2.24. The van der Waals surface area contributed by atoms with Gasteiger partial charge in [-0.05, 0) is 33.3 Å². The van der Waals surface area contributed by atoms with Gasteiger partial charge in [0.1, 0.15) is 10.8 Å². The number of ether oxygens (including phenoxy) is 1. The summed E-state index contributed by atoms with van der Waals surface area (Å²) in [6.07, 6.45) is 1.91. The number of hydrogen-bond acceptors (Lipinski definition) is 4. The number of benzene rings is 1. The van der Waals surface area contributed by atoms with Crippen molar-refractivity contribution in [3.05, 3.63) is 26.7 Å². The molecule has 3 rings (SSSR count). The van der Waals surface area contributed by atoms with Crippen LogP contribution in [0, 0.1) is 0 Å². The van der Waals surface area contributed by atoms with Crippen LogP contribution in [0.4, 0.5) is 0 Å². The summed E-state index contributed by atoms with van der Waals surface area (Å²) in [5.74, 6) is 0.209. The normalized spacial score (nSPS) is 14.2. The molecule has 1 aliphatic heterocycles. The van der Waals surface area contributed by atoms with Crippen LogP contribution >= 0.6 is 39.3 Å². The van der Waals surface area contributed by atoms with Gasteiger partial charge in [-0.2, -0.15) is 0 Å². The number of fused-ring (bicyclic) bond motifs is 3. The van der Waals surface area contributed by atoms with Crippen LogP contribution in [-0.2, 0) is 18.0 Å². The zero-order valence-corrected chi connectivity index (χ0v) is 12.6. The van der Waals surface area contributed by atoms with Gasteiger partial charge in [0.25, 0.3) is 0 Å². The molecule has 1 aromatic heterocycles. The van der Waals surface area contributed by atoms with E-state index in [1.807, 2.05) is 6.26 Å². The van der Waals surface area contributed by atoms with Crippen molar-refractivity contribution in [3.63, 3.8) is 0 Å². The van der Waals surface area contributed by atoms with E-state index >= 15 is 0 Å². The minimum absolute atomic E-state index is 0.209. The smallest absolute Gasteiger partial charge is 0.128 e. The molecule has 1 N–H and O–H groups in total. The zero-order chi connectivity index (χ0) is 12.9. The lowest BCUT2D eigenvalue weighted by molar-refractivity contribution is 0.134. The fourth-order valence-corrected chi connectivity index (χ4v) is 3.36. The fraction of sp³-hybridized carbons (Fsp3) is 0.250. The Balaban J connectivity index is 2.48. The Bertz CT molecular complexity index is 663. The lowest BCUT2D eigenvalue weighted by Crippen LogP contribution is -1.93. The maximum atomic E-state index is 10.2. The molecule has 1 aromatic carbocycles. The highest BCUT2D eigenvalue weighted by atomic mass is 79.9. The van der Waals surface area contributed by atoms with Crippen molar-refractivity contribution in [3.8, 4) is 5.75 Å². The van der Waals surface area contributed by atoms with E-state index in [9.17, 15) is 5.11 Å². The van der Waals surface area contributed by atoms with Crippen molar-refractivity contribution in [1.29, 1.82) is 0 Å². The van der Waals surface area contributed by atoms with Crippen LogP contribution < -0.4 is 0 Å². The predicted molar refractivity (Wildman–Crippen MR) is 76.4 cm³/mol. The molecule has 0 bridgehead atoms. The number of halogens is 2. The van der Waals surface area contributed by atoms with Crippen LogP contribution in [0.15, 0.2) is 15.6 Å². The summed E-state index contributed by atoms with van der Waals surface area (Å²) >= 11 is 11.3. The summed E-state index contributed by atoms with van der Waals surface area (Å²) in [6, 6.07) is 1.66. The predicted octanol–water partition coefficient (Wildman–Crippen LogP) is 4.11. The highest BCUT2D eigenvalue weighted by Crippen LogP contribution is 2.43. The third-order valence-corrected chi connectivity index (χ3v) is 5.11. The molecular weight excluding hydrogens is 338 g/mol. The first-order valence-electron chi connectivity index (χ1n) is 5.27. The van der Waals surface area contributed by atoms with Gasteiger partial charge in [-0.25, -0.2) is 4.98 Å². The summed E-state index contributed by atoms with van der Waals surface area (Å²) in [4.78, 5) is 4.48. The van der Waals surface area contributed by atoms with E-state index in [1.165, 1.54) is 11.8 Å². The standard InChI is InChI=1S/C12H9BrClNO2S/c1-18-8-2-7(16)9-5-3-17-4-6(5)10(13)11(14)12(9)15-8/h2H,3-4H2,1H3,(H,15,16). The maximum absolute atomic E-state index is 10.2. The van der Waals surface area contributed by atoms with Crippen LogP contribution in [0.25, 0.3) is 10.9 Å². The lowest BCUT2D eigenvalue weighted by Gasteiger charge is -2.11. The van der Waals surface area contributed by atoms with E-state index in [-0.39, 0.29) is 5.75 Å². The molecule has 0 atom stereocenters. The molecule has 6 heteroatoms. The summed E-state index contributed by atoms with van der Waals surface area (Å²) in [5, 5.41) is 12.2. The van der Waals surface area contributed by atoms with Gasteiger partial charge in [-0.15, -0.1) is 11.8 Å². The Kier molecular flexibility index (Phi) is 3.18. The second-order valence-corrected chi connectivity index (χ2v) is 5.98. The van der Waals surface area contributed by atoms with Crippen molar-refractivity contribution in [2.24, 2.45) is 0 Å². The van der Waals surface area contributed by atoms with Crippen molar-refractivity contribution < 1.29 is 9.84 Å². The molecule has 0 unspecified atom stereocenters. The number of aromatic hydroxyl groups is 1. The minimum atomic E-state index is 0.209. The molecule has 0 spiro atoms. The van der Waals surface area contributed by atoms with Crippen molar-refractivity contribution in [2.75, 3.05) is 6.26 Å². The summed E-state index contributed by atoms with van der Waals surface area (Å²) < 4.78 is 6.25. The Morgan fingerprint density at radius 2 is 2.17 bits per heavy atom. The number of hydrogen-bond donors (Lipinski definition) is 1. The summed E-state index contributed by atoms with van der Waals surface area (Å²) in [5.41, 5.74) is 2.59. The average molecular weight is 347 g/mol. The van der Waals surface area contributed by atoms with E-state index in [0.29, 0.717) is 29.1 Å². The first-order chi connectivity index (χ1) is 8.63. The Morgan fingerprint density at radius 3 is 2.89 bits per heavy atom. The maximum Gasteiger partial charge on any atom is 0.128 e. The second-order valence-electron chi connectivity index (χ2n) is 3.99. The van der Waals surface area contributed by atoms with Gasteiger partial charge in [0.05, 0.1) is 23.8 Å². The largest absolute Gasteiger partial charge is 0.507 e. The molecule has 94 valence electrons. The molecular formula is C12H9BrClNO2S. The van der Waals surface area contributed by atoms with Gasteiger partial charge in [0, 0.05) is 15.9 Å². The number of rotatable bonds is 1. The molecule has 0 saturated heterocycles. The average Bonchev–Trinajstić information content (AvgIpc) is 2.84. The fourth-order valence-electron chi connectivity index (χ4n) is 2.15. The molecule has 1 aliphatic rings. The molecule has 2 aromatic rings. The van der Waals surface area contributed by atoms with Crippen molar-refractivity contribution >= 4 is 50.2 Å². The Hall–Kier alpha value is -0.490.